The molecule has 1 aromatic carbocycles. The van der Waals surface area contributed by atoms with Crippen molar-refractivity contribution in [3.63, 3.8) is 0 Å². The molecule has 0 bridgehead atoms. The van der Waals surface area contributed by atoms with Gasteiger partial charge in [-0.05, 0) is 49.8 Å². The first-order valence-electron chi connectivity index (χ1n) is 13.0. The summed E-state index contributed by atoms with van der Waals surface area (Å²) in [5, 5.41) is 3.00. The molecule has 2 aliphatic rings. The highest BCUT2D eigenvalue weighted by atomic mass is 32.1. The van der Waals surface area contributed by atoms with E-state index in [4.69, 9.17) is 14.5 Å². The molecule has 0 N–H and O–H groups in total. The Kier molecular flexibility index (Phi) is 7.90. The van der Waals surface area contributed by atoms with Crippen LogP contribution in [-0.2, 0) is 16.0 Å². The Morgan fingerprint density at radius 1 is 1.19 bits per heavy atom. The van der Waals surface area contributed by atoms with Crippen LogP contribution in [0.15, 0.2) is 41.8 Å². The van der Waals surface area contributed by atoms with Crippen LogP contribution in [0.5, 0.6) is 0 Å². The number of aromatic nitrogens is 1. The summed E-state index contributed by atoms with van der Waals surface area (Å²) in [5.41, 5.74) is 3.08. The summed E-state index contributed by atoms with van der Waals surface area (Å²) >= 11 is 1.46. The van der Waals surface area contributed by atoms with E-state index in [0.29, 0.717) is 45.9 Å². The molecule has 4 heterocycles. The van der Waals surface area contributed by atoms with Gasteiger partial charge in [-0.25, -0.2) is 9.78 Å². The quantitative estimate of drug-likeness (QED) is 0.448. The Hall–Kier alpha value is -3.17. The second-order valence-corrected chi connectivity index (χ2v) is 10.5. The molecule has 196 valence electrons. The predicted octanol–water partition coefficient (Wildman–Crippen LogP) is 4.70. The van der Waals surface area contributed by atoms with E-state index in [9.17, 15) is 9.59 Å². The zero-order valence-corrected chi connectivity index (χ0v) is 22.3. The van der Waals surface area contributed by atoms with Gasteiger partial charge in [0.25, 0.3) is 5.91 Å². The number of nitrogens with zero attached hydrogens (tertiary/aromatic N) is 4. The van der Waals surface area contributed by atoms with Crippen molar-refractivity contribution in [2.75, 3.05) is 50.8 Å². The van der Waals surface area contributed by atoms with Crippen LogP contribution in [0.3, 0.4) is 0 Å². The van der Waals surface area contributed by atoms with E-state index in [0.717, 1.165) is 52.2 Å². The molecule has 0 saturated carbocycles. The number of benzene rings is 1. The summed E-state index contributed by atoms with van der Waals surface area (Å²) in [6, 6.07) is 12.2. The van der Waals surface area contributed by atoms with Crippen molar-refractivity contribution >= 4 is 40.1 Å². The number of aryl methyl sites for hydroxylation is 1. The topological polar surface area (TPSA) is 75.2 Å². The van der Waals surface area contributed by atoms with Crippen molar-refractivity contribution in [3.05, 3.63) is 57.8 Å². The van der Waals surface area contributed by atoms with Crippen molar-refractivity contribution < 1.29 is 19.1 Å². The van der Waals surface area contributed by atoms with Crippen LogP contribution in [0.1, 0.15) is 40.6 Å². The third-order valence-electron chi connectivity index (χ3n) is 7.04. The molecule has 0 unspecified atom stereocenters. The number of ether oxygens (including phenoxy) is 2. The largest absolute Gasteiger partial charge is 0.450 e. The van der Waals surface area contributed by atoms with E-state index in [-0.39, 0.29) is 18.1 Å². The van der Waals surface area contributed by atoms with E-state index < -0.39 is 0 Å². The van der Waals surface area contributed by atoms with Crippen molar-refractivity contribution in [1.29, 1.82) is 0 Å². The first-order chi connectivity index (χ1) is 18.0. The SMILES string of the molecule is CCOC(=O)N1CCN(c2nc3c(C)cccc3cc2CN(C[C@H]2CCCO2)C(=O)c2cccs2)CC1. The van der Waals surface area contributed by atoms with Crippen LogP contribution < -0.4 is 4.90 Å². The molecule has 3 aromatic rings. The molecular formula is C28H34N4O4S. The average Bonchev–Trinajstić information content (AvgIpc) is 3.63. The van der Waals surface area contributed by atoms with Crippen molar-refractivity contribution in [3.8, 4) is 0 Å². The Bertz CT molecular complexity index is 1230. The maximum Gasteiger partial charge on any atom is 0.409 e. The van der Waals surface area contributed by atoms with Gasteiger partial charge in [-0.15, -0.1) is 11.3 Å². The normalized spacial score (nSPS) is 17.8. The van der Waals surface area contributed by atoms with Gasteiger partial charge in [-0.2, -0.15) is 0 Å². The molecule has 0 radical (unpaired) electrons. The number of para-hydroxylation sites is 1. The van der Waals surface area contributed by atoms with E-state index in [1.165, 1.54) is 11.3 Å². The number of anilines is 1. The van der Waals surface area contributed by atoms with Crippen LogP contribution in [0.4, 0.5) is 10.6 Å². The van der Waals surface area contributed by atoms with Gasteiger partial charge in [0.15, 0.2) is 0 Å². The van der Waals surface area contributed by atoms with Gasteiger partial charge in [0, 0.05) is 56.8 Å². The van der Waals surface area contributed by atoms with Crippen LogP contribution in [-0.4, -0.2) is 78.8 Å². The number of hydrogen-bond acceptors (Lipinski definition) is 7. The van der Waals surface area contributed by atoms with E-state index >= 15 is 0 Å². The number of thiophene rings is 1. The summed E-state index contributed by atoms with van der Waals surface area (Å²) in [7, 11) is 0. The minimum atomic E-state index is -0.269. The van der Waals surface area contributed by atoms with Gasteiger partial charge >= 0.3 is 6.09 Å². The molecule has 1 atom stereocenters. The number of fused-ring (bicyclic) bond motifs is 1. The maximum atomic E-state index is 13.6. The summed E-state index contributed by atoms with van der Waals surface area (Å²) in [4.78, 5) is 37.6. The van der Waals surface area contributed by atoms with E-state index in [1.807, 2.05) is 35.4 Å². The fraction of sp³-hybridized carbons (Fsp3) is 0.464. The molecule has 0 spiro atoms. The molecule has 0 aliphatic carbocycles. The van der Waals surface area contributed by atoms with Crippen LogP contribution in [0, 0.1) is 6.92 Å². The number of carbonyl (C=O) groups excluding carboxylic acids is 2. The van der Waals surface area contributed by atoms with E-state index in [2.05, 4.69) is 30.0 Å². The molecule has 8 nitrogen and oxygen atoms in total. The van der Waals surface area contributed by atoms with Gasteiger partial charge in [0.1, 0.15) is 5.82 Å². The van der Waals surface area contributed by atoms with Crippen molar-refractivity contribution in [2.24, 2.45) is 0 Å². The lowest BCUT2D eigenvalue weighted by atomic mass is 10.1. The first-order valence-corrected chi connectivity index (χ1v) is 13.9. The highest BCUT2D eigenvalue weighted by molar-refractivity contribution is 7.12. The molecule has 2 fully saturated rings. The number of piperazine rings is 1. The third-order valence-corrected chi connectivity index (χ3v) is 7.90. The molecule has 2 saturated heterocycles. The molecule has 2 aromatic heterocycles. The summed E-state index contributed by atoms with van der Waals surface area (Å²) in [6.45, 7) is 8.45. The zero-order chi connectivity index (χ0) is 25.8. The summed E-state index contributed by atoms with van der Waals surface area (Å²) in [6.07, 6.45) is 1.77. The predicted molar refractivity (Wildman–Crippen MR) is 145 cm³/mol. The zero-order valence-electron chi connectivity index (χ0n) is 21.5. The molecule has 2 amide bonds. The minimum absolute atomic E-state index is 0.0212. The second kappa shape index (κ2) is 11.5. The Labute approximate surface area is 221 Å². The monoisotopic (exact) mass is 522 g/mol. The first kappa shape index (κ1) is 25.5. The fourth-order valence-corrected chi connectivity index (χ4v) is 5.79. The van der Waals surface area contributed by atoms with Crippen LogP contribution in [0.2, 0.25) is 0 Å². The number of amides is 2. The van der Waals surface area contributed by atoms with E-state index in [1.54, 1.807) is 4.90 Å². The molecule has 9 heteroatoms. The lowest BCUT2D eigenvalue weighted by Gasteiger charge is -2.36. The minimum Gasteiger partial charge on any atom is -0.450 e. The molecule has 37 heavy (non-hydrogen) atoms. The number of hydrogen-bond donors (Lipinski definition) is 0. The molecule has 5 rings (SSSR count). The van der Waals surface area contributed by atoms with Gasteiger partial charge in [0.2, 0.25) is 0 Å². The Balaban J connectivity index is 1.46. The Morgan fingerprint density at radius 3 is 2.73 bits per heavy atom. The van der Waals surface area contributed by atoms with Crippen LogP contribution in [0.25, 0.3) is 10.9 Å². The smallest absolute Gasteiger partial charge is 0.409 e. The molecule has 2 aliphatic heterocycles. The van der Waals surface area contributed by atoms with Gasteiger partial charge < -0.3 is 24.2 Å². The van der Waals surface area contributed by atoms with Gasteiger partial charge in [-0.1, -0.05) is 24.3 Å². The van der Waals surface area contributed by atoms with Crippen molar-refractivity contribution in [2.45, 2.75) is 39.3 Å². The Morgan fingerprint density at radius 2 is 2.03 bits per heavy atom. The molecular weight excluding hydrogens is 488 g/mol. The van der Waals surface area contributed by atoms with Gasteiger partial charge in [-0.3, -0.25) is 4.79 Å². The van der Waals surface area contributed by atoms with Gasteiger partial charge in [0.05, 0.1) is 23.1 Å². The van der Waals surface area contributed by atoms with Crippen LogP contribution >= 0.6 is 11.3 Å². The fourth-order valence-electron chi connectivity index (χ4n) is 5.10. The second-order valence-electron chi connectivity index (χ2n) is 9.59. The lowest BCUT2D eigenvalue weighted by Crippen LogP contribution is -2.49. The third kappa shape index (κ3) is 5.72. The highest BCUT2D eigenvalue weighted by Gasteiger charge is 2.28. The lowest BCUT2D eigenvalue weighted by molar-refractivity contribution is 0.0511. The average molecular weight is 523 g/mol. The summed E-state index contributed by atoms with van der Waals surface area (Å²) < 4.78 is 11.1. The number of carbonyl (C=O) groups is 2. The maximum absolute atomic E-state index is 13.6. The number of rotatable bonds is 7. The highest BCUT2D eigenvalue weighted by Crippen LogP contribution is 2.29. The standard InChI is InChI=1S/C28H34N4O4S/c1-3-35-28(34)31-13-11-30(12-14-31)26-22(17-21-8-4-7-20(2)25(21)29-26)18-32(19-23-9-5-15-36-23)27(33)24-10-6-16-37-24/h4,6-8,10,16-17,23H,3,5,9,11-15,18-19H2,1-2H3/t23-/m1/s1. The van der Waals surface area contributed by atoms with Crippen molar-refractivity contribution in [1.82, 2.24) is 14.8 Å². The summed E-state index contributed by atoms with van der Waals surface area (Å²) in [5.74, 6) is 0.898. The number of pyridine rings is 1.